The lowest BCUT2D eigenvalue weighted by Gasteiger charge is -2.04. The average Bonchev–Trinajstić information content (AvgIpc) is 2.34. The first-order valence-electron chi connectivity index (χ1n) is 5.63. The molecule has 1 rings (SSSR count). The molecule has 3 nitrogen and oxygen atoms in total. The van der Waals surface area contributed by atoms with Gasteiger partial charge in [0.15, 0.2) is 5.12 Å². The number of rotatable bonds is 3. The van der Waals surface area contributed by atoms with Gasteiger partial charge in [0.1, 0.15) is 5.82 Å². The Morgan fingerprint density at radius 2 is 2.16 bits per heavy atom. The standard InChI is InChI=1S/C14H13FO3S/c1-3-18-14(17)13-7-6-12(15)9-11(13)5-4-8-19-10(2)16/h6-7,9H,3,8H2,1-2H3. The molecule has 1 aromatic rings. The van der Waals surface area contributed by atoms with E-state index in [1.807, 2.05) is 0 Å². The molecule has 0 saturated carbocycles. The summed E-state index contributed by atoms with van der Waals surface area (Å²) >= 11 is 1.06. The van der Waals surface area contributed by atoms with Gasteiger partial charge in [-0.3, -0.25) is 4.79 Å². The van der Waals surface area contributed by atoms with Crippen LogP contribution < -0.4 is 0 Å². The molecule has 5 heteroatoms. The van der Waals surface area contributed by atoms with Gasteiger partial charge >= 0.3 is 5.97 Å². The maximum absolute atomic E-state index is 13.2. The molecule has 0 aromatic heterocycles. The van der Waals surface area contributed by atoms with E-state index in [0.29, 0.717) is 5.75 Å². The maximum atomic E-state index is 13.2. The Bertz CT molecular complexity index is 543. The molecule has 19 heavy (non-hydrogen) atoms. The average molecular weight is 280 g/mol. The third-order valence-corrected chi connectivity index (χ3v) is 2.74. The van der Waals surface area contributed by atoms with E-state index in [4.69, 9.17) is 4.74 Å². The first-order chi connectivity index (χ1) is 9.04. The van der Waals surface area contributed by atoms with Crippen LogP contribution in [0.15, 0.2) is 18.2 Å². The van der Waals surface area contributed by atoms with Gasteiger partial charge in [0.2, 0.25) is 0 Å². The van der Waals surface area contributed by atoms with E-state index < -0.39 is 11.8 Å². The third kappa shape index (κ3) is 5.14. The fraction of sp³-hybridized carbons (Fsp3) is 0.286. The van der Waals surface area contributed by atoms with Crippen LogP contribution in [0.4, 0.5) is 4.39 Å². The first kappa shape index (κ1) is 15.3. The summed E-state index contributed by atoms with van der Waals surface area (Å²) in [5.74, 6) is 4.69. The Hall–Kier alpha value is -1.80. The molecular weight excluding hydrogens is 267 g/mol. The van der Waals surface area contributed by atoms with E-state index in [0.717, 1.165) is 11.8 Å². The first-order valence-corrected chi connectivity index (χ1v) is 6.62. The molecule has 0 fully saturated rings. The number of halogens is 1. The van der Waals surface area contributed by atoms with Crippen molar-refractivity contribution < 1.29 is 18.7 Å². The number of hydrogen-bond acceptors (Lipinski definition) is 4. The monoisotopic (exact) mass is 280 g/mol. The molecule has 0 N–H and O–H groups in total. The van der Waals surface area contributed by atoms with Gasteiger partial charge in [-0.1, -0.05) is 23.6 Å². The van der Waals surface area contributed by atoms with E-state index in [9.17, 15) is 14.0 Å². The summed E-state index contributed by atoms with van der Waals surface area (Å²) in [5.41, 5.74) is 0.492. The molecule has 0 radical (unpaired) electrons. The molecule has 0 amide bonds. The summed E-state index contributed by atoms with van der Waals surface area (Å²) < 4.78 is 18.0. The second kappa shape index (κ2) is 7.59. The van der Waals surface area contributed by atoms with Crippen molar-refractivity contribution in [2.45, 2.75) is 13.8 Å². The van der Waals surface area contributed by atoms with Crippen LogP contribution in [0, 0.1) is 17.7 Å². The second-order valence-corrected chi connectivity index (χ2v) is 4.64. The highest BCUT2D eigenvalue weighted by molar-refractivity contribution is 8.13. The van der Waals surface area contributed by atoms with E-state index in [1.165, 1.54) is 25.1 Å². The highest BCUT2D eigenvalue weighted by Crippen LogP contribution is 2.12. The van der Waals surface area contributed by atoms with Crippen LogP contribution in [0.1, 0.15) is 29.8 Å². The fourth-order valence-corrected chi connectivity index (χ4v) is 1.62. The van der Waals surface area contributed by atoms with Gasteiger partial charge < -0.3 is 4.74 Å². The highest BCUT2D eigenvalue weighted by Gasteiger charge is 2.11. The minimum Gasteiger partial charge on any atom is -0.462 e. The summed E-state index contributed by atoms with van der Waals surface area (Å²) in [6, 6.07) is 3.70. The van der Waals surface area contributed by atoms with E-state index >= 15 is 0 Å². The van der Waals surface area contributed by atoms with Crippen molar-refractivity contribution in [2.24, 2.45) is 0 Å². The fourth-order valence-electron chi connectivity index (χ4n) is 1.28. The van der Waals surface area contributed by atoms with E-state index in [2.05, 4.69) is 11.8 Å². The van der Waals surface area contributed by atoms with Crippen molar-refractivity contribution in [1.29, 1.82) is 0 Å². The Morgan fingerprint density at radius 3 is 2.79 bits per heavy atom. The zero-order chi connectivity index (χ0) is 14.3. The van der Waals surface area contributed by atoms with Crippen LogP contribution in [0.25, 0.3) is 0 Å². The van der Waals surface area contributed by atoms with Crippen LogP contribution >= 0.6 is 11.8 Å². The smallest absolute Gasteiger partial charge is 0.339 e. The Balaban J connectivity index is 2.94. The van der Waals surface area contributed by atoms with Gasteiger partial charge in [0.05, 0.1) is 17.9 Å². The van der Waals surface area contributed by atoms with Crippen molar-refractivity contribution in [1.82, 2.24) is 0 Å². The largest absolute Gasteiger partial charge is 0.462 e. The van der Waals surface area contributed by atoms with Crippen molar-refractivity contribution in [3.05, 3.63) is 35.1 Å². The number of carbonyl (C=O) groups excluding carboxylic acids is 2. The molecule has 0 saturated heterocycles. The molecule has 0 spiro atoms. The highest BCUT2D eigenvalue weighted by atomic mass is 32.2. The van der Waals surface area contributed by atoms with Crippen LogP contribution in [0.5, 0.6) is 0 Å². The zero-order valence-corrected chi connectivity index (χ0v) is 11.5. The molecule has 0 heterocycles. The van der Waals surface area contributed by atoms with Gasteiger partial charge in [-0.25, -0.2) is 9.18 Å². The Kier molecular flexibility index (Phi) is 6.10. The number of hydrogen-bond donors (Lipinski definition) is 0. The quantitative estimate of drug-likeness (QED) is 0.630. The molecule has 1 aromatic carbocycles. The van der Waals surface area contributed by atoms with Gasteiger partial charge in [-0.2, -0.15) is 0 Å². The van der Waals surface area contributed by atoms with Crippen molar-refractivity contribution in [3.8, 4) is 11.8 Å². The minimum absolute atomic E-state index is 0.0424. The van der Waals surface area contributed by atoms with Crippen molar-refractivity contribution in [2.75, 3.05) is 12.4 Å². The topological polar surface area (TPSA) is 43.4 Å². The predicted molar refractivity (Wildman–Crippen MR) is 72.4 cm³/mol. The van der Waals surface area contributed by atoms with E-state index in [1.54, 1.807) is 6.92 Å². The molecule has 0 unspecified atom stereocenters. The molecule has 0 aliphatic heterocycles. The predicted octanol–water partition coefficient (Wildman–Crippen LogP) is 2.63. The van der Waals surface area contributed by atoms with E-state index in [-0.39, 0.29) is 22.8 Å². The summed E-state index contributed by atoms with van der Waals surface area (Å²) in [5, 5.41) is -0.0424. The summed E-state index contributed by atoms with van der Waals surface area (Å²) in [4.78, 5) is 22.4. The van der Waals surface area contributed by atoms with Gasteiger partial charge in [-0.15, -0.1) is 0 Å². The molecular formula is C14H13FO3S. The normalized spacial score (nSPS) is 9.42. The van der Waals surface area contributed by atoms with Crippen molar-refractivity contribution in [3.63, 3.8) is 0 Å². The Morgan fingerprint density at radius 1 is 1.42 bits per heavy atom. The molecule has 0 aliphatic carbocycles. The van der Waals surface area contributed by atoms with Crippen LogP contribution in [0.2, 0.25) is 0 Å². The number of benzene rings is 1. The van der Waals surface area contributed by atoms with Crippen molar-refractivity contribution >= 4 is 22.8 Å². The molecule has 0 bridgehead atoms. The lowest BCUT2D eigenvalue weighted by Crippen LogP contribution is -2.07. The van der Waals surface area contributed by atoms with Gasteiger partial charge in [0.25, 0.3) is 0 Å². The lowest BCUT2D eigenvalue weighted by atomic mass is 10.1. The number of thioether (sulfide) groups is 1. The van der Waals surface area contributed by atoms with Crippen LogP contribution in [-0.4, -0.2) is 23.4 Å². The number of esters is 1. The van der Waals surface area contributed by atoms with Gasteiger partial charge in [0, 0.05) is 12.5 Å². The van der Waals surface area contributed by atoms with Gasteiger partial charge in [-0.05, 0) is 25.1 Å². The minimum atomic E-state index is -0.536. The maximum Gasteiger partial charge on any atom is 0.339 e. The SMILES string of the molecule is CCOC(=O)c1ccc(F)cc1C#CCSC(C)=O. The number of carbonyl (C=O) groups is 2. The summed E-state index contributed by atoms with van der Waals surface area (Å²) in [6.07, 6.45) is 0. The molecule has 100 valence electrons. The summed E-state index contributed by atoms with van der Waals surface area (Å²) in [7, 11) is 0. The Labute approximate surface area is 115 Å². The third-order valence-electron chi connectivity index (χ3n) is 2.05. The summed E-state index contributed by atoms with van der Waals surface area (Å²) in [6.45, 7) is 3.37. The zero-order valence-electron chi connectivity index (χ0n) is 10.7. The lowest BCUT2D eigenvalue weighted by molar-refractivity contribution is -0.109. The molecule has 0 atom stereocenters. The number of ether oxygens (including phenoxy) is 1. The molecule has 0 aliphatic rings. The van der Waals surface area contributed by atoms with Crippen LogP contribution in [-0.2, 0) is 9.53 Å². The van der Waals surface area contributed by atoms with Crippen LogP contribution in [0.3, 0.4) is 0 Å². The second-order valence-electron chi connectivity index (χ2n) is 3.49.